The van der Waals surface area contributed by atoms with Crippen LogP contribution in [-0.4, -0.2) is 32.3 Å². The highest BCUT2D eigenvalue weighted by Gasteiger charge is 2.19. The van der Waals surface area contributed by atoms with Gasteiger partial charge in [-0.3, -0.25) is 9.59 Å². The summed E-state index contributed by atoms with van der Waals surface area (Å²) in [5.41, 5.74) is 2.19. The van der Waals surface area contributed by atoms with Gasteiger partial charge in [-0.05, 0) is 60.9 Å². The second kappa shape index (κ2) is 10.9. The van der Waals surface area contributed by atoms with E-state index in [1.165, 1.54) is 36.0 Å². The van der Waals surface area contributed by atoms with Crippen molar-refractivity contribution in [1.29, 1.82) is 0 Å². The van der Waals surface area contributed by atoms with Crippen LogP contribution in [0.25, 0.3) is 0 Å². The second-order valence-electron chi connectivity index (χ2n) is 7.82. The number of thioether (sulfide) groups is 1. The molecule has 0 saturated carbocycles. The quantitative estimate of drug-likeness (QED) is 0.395. The molecular weight excluding hydrogens is 509 g/mol. The maximum Gasteiger partial charge on any atom is 0.251 e. The van der Waals surface area contributed by atoms with E-state index in [9.17, 15) is 14.0 Å². The molecule has 3 rings (SSSR count). The van der Waals surface area contributed by atoms with E-state index in [4.69, 9.17) is 0 Å². The van der Waals surface area contributed by atoms with Crippen LogP contribution in [0.4, 0.5) is 10.1 Å². The monoisotopic (exact) mass is 533 g/mol. The maximum atomic E-state index is 13.1. The van der Waals surface area contributed by atoms with E-state index in [0.717, 1.165) is 15.7 Å². The Bertz CT molecular complexity index is 1150. The van der Waals surface area contributed by atoms with Crippen LogP contribution >= 0.6 is 27.7 Å². The Hall–Kier alpha value is -2.72. The van der Waals surface area contributed by atoms with Crippen molar-refractivity contribution in [2.24, 2.45) is 7.05 Å². The van der Waals surface area contributed by atoms with E-state index in [0.29, 0.717) is 16.5 Å². The lowest BCUT2D eigenvalue weighted by molar-refractivity contribution is -0.113. The maximum absolute atomic E-state index is 13.1. The van der Waals surface area contributed by atoms with E-state index in [-0.39, 0.29) is 23.5 Å². The molecule has 1 heterocycles. The van der Waals surface area contributed by atoms with Crippen LogP contribution in [0.15, 0.2) is 52.1 Å². The minimum Gasteiger partial charge on any atom is -0.342 e. The highest BCUT2D eigenvalue weighted by Crippen LogP contribution is 2.28. The van der Waals surface area contributed by atoms with Crippen LogP contribution in [0.1, 0.15) is 54.5 Å². The summed E-state index contributed by atoms with van der Waals surface area (Å²) < 4.78 is 15.8. The van der Waals surface area contributed by atoms with E-state index < -0.39 is 11.9 Å². The average Bonchev–Trinajstić information content (AvgIpc) is 3.14. The minimum absolute atomic E-state index is 0.147. The first-order valence-electron chi connectivity index (χ1n) is 10.3. The number of hydrogen-bond acceptors (Lipinski definition) is 5. The SMILES string of the molecule is CC(C)c1cc(Br)ccc1NC(=O)CSc1nnc([C@H](C)NC(=O)c2ccc(F)cc2)n1C. The van der Waals surface area contributed by atoms with Gasteiger partial charge in [-0.25, -0.2) is 4.39 Å². The molecule has 0 fully saturated rings. The molecule has 0 unspecified atom stereocenters. The Kier molecular flexibility index (Phi) is 8.25. The van der Waals surface area contributed by atoms with Gasteiger partial charge in [-0.15, -0.1) is 10.2 Å². The molecule has 174 valence electrons. The average molecular weight is 534 g/mol. The molecule has 1 aromatic heterocycles. The molecule has 1 atom stereocenters. The molecule has 7 nitrogen and oxygen atoms in total. The highest BCUT2D eigenvalue weighted by molar-refractivity contribution is 9.10. The molecule has 0 aliphatic heterocycles. The first-order chi connectivity index (χ1) is 15.7. The third-order valence-electron chi connectivity index (χ3n) is 4.95. The van der Waals surface area contributed by atoms with E-state index in [1.807, 2.05) is 18.2 Å². The Morgan fingerprint density at radius 2 is 1.82 bits per heavy atom. The normalized spacial score (nSPS) is 12.0. The lowest BCUT2D eigenvalue weighted by atomic mass is 10.0. The predicted molar refractivity (Wildman–Crippen MR) is 131 cm³/mol. The Labute approximate surface area is 204 Å². The fourth-order valence-corrected chi connectivity index (χ4v) is 4.31. The molecule has 0 bridgehead atoms. The lowest BCUT2D eigenvalue weighted by Gasteiger charge is -2.15. The fraction of sp³-hybridized carbons (Fsp3) is 0.304. The minimum atomic E-state index is -0.431. The molecule has 0 spiro atoms. The summed E-state index contributed by atoms with van der Waals surface area (Å²) in [6, 6.07) is 10.7. The van der Waals surface area contributed by atoms with E-state index >= 15 is 0 Å². The molecule has 2 amide bonds. The van der Waals surface area contributed by atoms with Gasteiger partial charge in [0.1, 0.15) is 5.82 Å². The molecular formula is C23H25BrFN5O2S. The number of nitrogens with zero attached hydrogens (tertiary/aromatic N) is 3. The number of nitrogens with one attached hydrogen (secondary N) is 2. The molecule has 10 heteroatoms. The van der Waals surface area contributed by atoms with Crippen molar-refractivity contribution in [2.45, 2.75) is 37.9 Å². The van der Waals surface area contributed by atoms with Crippen LogP contribution in [0.3, 0.4) is 0 Å². The van der Waals surface area contributed by atoms with Crippen LogP contribution in [-0.2, 0) is 11.8 Å². The van der Waals surface area contributed by atoms with Gasteiger partial charge in [-0.2, -0.15) is 0 Å². The van der Waals surface area contributed by atoms with Crippen LogP contribution in [0.2, 0.25) is 0 Å². The summed E-state index contributed by atoms with van der Waals surface area (Å²) >= 11 is 4.73. The zero-order chi connectivity index (χ0) is 24.1. The molecule has 0 radical (unpaired) electrons. The number of benzene rings is 2. The summed E-state index contributed by atoms with van der Waals surface area (Å²) in [6.07, 6.45) is 0. The van der Waals surface area contributed by atoms with Crippen molar-refractivity contribution in [3.8, 4) is 0 Å². The van der Waals surface area contributed by atoms with Gasteiger partial charge in [0.25, 0.3) is 5.91 Å². The number of carbonyl (C=O) groups is 2. The van der Waals surface area contributed by atoms with Crippen LogP contribution in [0, 0.1) is 5.82 Å². The van der Waals surface area contributed by atoms with Gasteiger partial charge >= 0.3 is 0 Å². The van der Waals surface area contributed by atoms with Gasteiger partial charge in [0.15, 0.2) is 11.0 Å². The van der Waals surface area contributed by atoms with E-state index in [2.05, 4.69) is 50.6 Å². The van der Waals surface area contributed by atoms with Crippen LogP contribution in [0.5, 0.6) is 0 Å². The fourth-order valence-electron chi connectivity index (χ4n) is 3.22. The molecule has 2 aromatic carbocycles. The third-order valence-corrected chi connectivity index (χ3v) is 6.47. The summed E-state index contributed by atoms with van der Waals surface area (Å²) in [5.74, 6) is 0.0810. The molecule has 2 N–H and O–H groups in total. The van der Waals surface area contributed by atoms with Crippen LogP contribution < -0.4 is 10.6 Å². The van der Waals surface area contributed by atoms with Gasteiger partial charge < -0.3 is 15.2 Å². The predicted octanol–water partition coefficient (Wildman–Crippen LogP) is 5.06. The Balaban J connectivity index is 1.60. The van der Waals surface area contributed by atoms with Gasteiger partial charge in [0.05, 0.1) is 11.8 Å². The van der Waals surface area contributed by atoms with Crippen molar-refractivity contribution >= 4 is 45.2 Å². The summed E-state index contributed by atoms with van der Waals surface area (Å²) in [6.45, 7) is 5.93. The Morgan fingerprint density at radius 3 is 2.48 bits per heavy atom. The smallest absolute Gasteiger partial charge is 0.251 e. The number of carbonyl (C=O) groups excluding carboxylic acids is 2. The van der Waals surface area contributed by atoms with Gasteiger partial charge in [-0.1, -0.05) is 41.5 Å². The topological polar surface area (TPSA) is 88.9 Å². The summed E-state index contributed by atoms with van der Waals surface area (Å²) in [4.78, 5) is 24.9. The number of aromatic nitrogens is 3. The number of amides is 2. The standard InChI is InChI=1S/C23H25BrFN5O2S/c1-13(2)18-11-16(24)7-10-19(18)27-20(31)12-33-23-29-28-21(30(23)4)14(3)26-22(32)15-5-8-17(25)9-6-15/h5-11,13-14H,12H2,1-4H3,(H,26,32)(H,27,31)/t14-/m0/s1. The summed E-state index contributed by atoms with van der Waals surface area (Å²) in [5, 5.41) is 14.7. The molecule has 3 aromatic rings. The van der Waals surface area contributed by atoms with Crippen molar-refractivity contribution in [1.82, 2.24) is 20.1 Å². The largest absolute Gasteiger partial charge is 0.342 e. The lowest BCUT2D eigenvalue weighted by Crippen LogP contribution is -2.28. The molecule has 0 saturated heterocycles. The van der Waals surface area contributed by atoms with Crippen molar-refractivity contribution in [3.63, 3.8) is 0 Å². The van der Waals surface area contributed by atoms with Gasteiger partial charge in [0, 0.05) is 22.8 Å². The molecule has 0 aliphatic carbocycles. The van der Waals surface area contributed by atoms with Crippen molar-refractivity contribution in [3.05, 3.63) is 69.7 Å². The number of hydrogen-bond donors (Lipinski definition) is 2. The number of rotatable bonds is 8. The first kappa shape index (κ1) is 24.9. The molecule has 0 aliphatic rings. The second-order valence-corrected chi connectivity index (χ2v) is 9.68. The first-order valence-corrected chi connectivity index (χ1v) is 12.1. The van der Waals surface area contributed by atoms with Gasteiger partial charge in [0.2, 0.25) is 5.91 Å². The summed E-state index contributed by atoms with van der Waals surface area (Å²) in [7, 11) is 1.78. The highest BCUT2D eigenvalue weighted by atomic mass is 79.9. The Morgan fingerprint density at radius 1 is 1.12 bits per heavy atom. The number of halogens is 2. The van der Waals surface area contributed by atoms with Crippen molar-refractivity contribution in [2.75, 3.05) is 11.1 Å². The zero-order valence-corrected chi connectivity index (χ0v) is 21.1. The zero-order valence-electron chi connectivity index (χ0n) is 18.7. The number of anilines is 1. The van der Waals surface area contributed by atoms with E-state index in [1.54, 1.807) is 18.5 Å². The van der Waals surface area contributed by atoms with Crippen molar-refractivity contribution < 1.29 is 14.0 Å². The third kappa shape index (κ3) is 6.42. The molecule has 33 heavy (non-hydrogen) atoms.